The first-order valence-electron chi connectivity index (χ1n) is 5.40. The molecule has 0 spiro atoms. The molecule has 0 aliphatic rings. The Morgan fingerprint density at radius 1 is 1.11 bits per heavy atom. The summed E-state index contributed by atoms with van der Waals surface area (Å²) in [5.74, 6) is -0.772. The highest BCUT2D eigenvalue weighted by molar-refractivity contribution is 7.22. The number of fused-ring (bicyclic) bond motifs is 1. The molecule has 0 amide bonds. The first kappa shape index (κ1) is 12.3. The highest BCUT2D eigenvalue weighted by atomic mass is 35.5. The zero-order valence-electron chi connectivity index (χ0n) is 9.45. The second kappa shape index (κ2) is 4.75. The van der Waals surface area contributed by atoms with Gasteiger partial charge < -0.3 is 5.32 Å². The molecule has 0 radical (unpaired) electrons. The molecule has 0 saturated carbocycles. The number of thiazole rings is 1. The molecule has 1 aromatic heterocycles. The maximum atomic E-state index is 13.1. The van der Waals surface area contributed by atoms with Crippen LogP contribution in [0.15, 0.2) is 36.4 Å². The lowest BCUT2D eigenvalue weighted by molar-refractivity contribution is 0.628. The number of halogens is 3. The summed E-state index contributed by atoms with van der Waals surface area (Å²) in [4.78, 5) is 4.31. The molecule has 3 aromatic rings. The lowest BCUT2D eigenvalue weighted by Crippen LogP contribution is -1.89. The van der Waals surface area contributed by atoms with Crippen LogP contribution in [0.3, 0.4) is 0 Å². The van der Waals surface area contributed by atoms with Crippen LogP contribution >= 0.6 is 22.9 Å². The van der Waals surface area contributed by atoms with Crippen LogP contribution in [0.1, 0.15) is 0 Å². The average molecular weight is 297 g/mol. The van der Waals surface area contributed by atoms with Crippen molar-refractivity contribution in [3.63, 3.8) is 0 Å². The first-order chi connectivity index (χ1) is 9.11. The quantitative estimate of drug-likeness (QED) is 0.722. The standard InChI is InChI=1S/C13H7ClF2N2S/c14-9-6-8(2-3-10(9)16)17-13-18-11-4-1-7(15)5-12(11)19-13/h1-6H,(H,17,18). The van der Waals surface area contributed by atoms with Gasteiger partial charge in [0, 0.05) is 5.69 Å². The number of anilines is 2. The van der Waals surface area contributed by atoms with Crippen LogP contribution in [-0.2, 0) is 0 Å². The van der Waals surface area contributed by atoms with E-state index in [1.54, 1.807) is 12.1 Å². The lowest BCUT2D eigenvalue weighted by Gasteiger charge is -2.02. The van der Waals surface area contributed by atoms with Crippen molar-refractivity contribution in [3.05, 3.63) is 53.1 Å². The molecule has 0 atom stereocenters. The van der Waals surface area contributed by atoms with E-state index in [1.165, 1.54) is 35.6 Å². The highest BCUT2D eigenvalue weighted by Gasteiger charge is 2.06. The highest BCUT2D eigenvalue weighted by Crippen LogP contribution is 2.29. The fourth-order valence-electron chi connectivity index (χ4n) is 1.65. The summed E-state index contributed by atoms with van der Waals surface area (Å²) in [6.07, 6.45) is 0. The first-order valence-corrected chi connectivity index (χ1v) is 6.59. The minimum Gasteiger partial charge on any atom is -0.331 e. The maximum absolute atomic E-state index is 13.1. The van der Waals surface area contributed by atoms with Crippen LogP contribution in [0, 0.1) is 11.6 Å². The van der Waals surface area contributed by atoms with Crippen molar-refractivity contribution in [3.8, 4) is 0 Å². The second-order valence-corrected chi connectivity index (χ2v) is 5.32. The summed E-state index contributed by atoms with van der Waals surface area (Å²) in [6.45, 7) is 0. The summed E-state index contributed by atoms with van der Waals surface area (Å²) >= 11 is 7.02. The summed E-state index contributed by atoms with van der Waals surface area (Å²) in [5, 5.41) is 3.65. The normalized spacial score (nSPS) is 10.9. The molecule has 1 heterocycles. The van der Waals surface area contributed by atoms with Crippen LogP contribution in [0.4, 0.5) is 19.6 Å². The number of hydrogen-bond acceptors (Lipinski definition) is 3. The molecule has 3 rings (SSSR count). The Morgan fingerprint density at radius 2 is 1.95 bits per heavy atom. The van der Waals surface area contributed by atoms with Gasteiger partial charge in [-0.15, -0.1) is 0 Å². The zero-order valence-corrected chi connectivity index (χ0v) is 11.0. The van der Waals surface area contributed by atoms with Crippen molar-refractivity contribution in [2.75, 3.05) is 5.32 Å². The van der Waals surface area contributed by atoms with Gasteiger partial charge in [-0.1, -0.05) is 22.9 Å². The molecule has 0 saturated heterocycles. The largest absolute Gasteiger partial charge is 0.331 e. The van der Waals surface area contributed by atoms with Crippen LogP contribution in [0.25, 0.3) is 10.2 Å². The second-order valence-electron chi connectivity index (χ2n) is 3.88. The Morgan fingerprint density at radius 3 is 2.74 bits per heavy atom. The van der Waals surface area contributed by atoms with E-state index in [0.29, 0.717) is 16.3 Å². The van der Waals surface area contributed by atoms with Gasteiger partial charge in [0.2, 0.25) is 0 Å². The van der Waals surface area contributed by atoms with E-state index in [0.717, 1.165) is 4.70 Å². The Balaban J connectivity index is 1.94. The van der Waals surface area contributed by atoms with Gasteiger partial charge in [0.05, 0.1) is 15.2 Å². The van der Waals surface area contributed by atoms with Crippen molar-refractivity contribution in [2.45, 2.75) is 0 Å². The van der Waals surface area contributed by atoms with Crippen molar-refractivity contribution in [2.24, 2.45) is 0 Å². The Kier molecular flexibility index (Phi) is 3.08. The third kappa shape index (κ3) is 2.52. The van der Waals surface area contributed by atoms with Crippen molar-refractivity contribution in [1.29, 1.82) is 0 Å². The summed E-state index contributed by atoms with van der Waals surface area (Å²) in [7, 11) is 0. The van der Waals surface area contributed by atoms with Crippen molar-refractivity contribution in [1.82, 2.24) is 4.98 Å². The number of nitrogens with one attached hydrogen (secondary N) is 1. The van der Waals surface area contributed by atoms with Gasteiger partial charge in [0.15, 0.2) is 5.13 Å². The molecular weight excluding hydrogens is 290 g/mol. The number of nitrogens with zero attached hydrogens (tertiary/aromatic N) is 1. The molecule has 0 aliphatic carbocycles. The molecule has 1 N–H and O–H groups in total. The predicted octanol–water partition coefficient (Wildman–Crippen LogP) is 4.97. The topological polar surface area (TPSA) is 24.9 Å². The fourth-order valence-corrected chi connectivity index (χ4v) is 2.74. The molecule has 0 fully saturated rings. The van der Waals surface area contributed by atoms with E-state index in [4.69, 9.17) is 11.6 Å². The van der Waals surface area contributed by atoms with Crippen LogP contribution in [0.2, 0.25) is 5.02 Å². The van der Waals surface area contributed by atoms with E-state index in [9.17, 15) is 8.78 Å². The van der Waals surface area contributed by atoms with E-state index in [2.05, 4.69) is 10.3 Å². The zero-order chi connectivity index (χ0) is 13.4. The van der Waals surface area contributed by atoms with E-state index in [-0.39, 0.29) is 10.8 Å². The van der Waals surface area contributed by atoms with Crippen LogP contribution < -0.4 is 5.32 Å². The molecular formula is C13H7ClF2N2S. The molecule has 6 heteroatoms. The third-order valence-corrected chi connectivity index (χ3v) is 3.74. The lowest BCUT2D eigenvalue weighted by atomic mass is 10.3. The smallest absolute Gasteiger partial charge is 0.188 e. The fraction of sp³-hybridized carbons (Fsp3) is 0. The number of benzene rings is 2. The van der Waals surface area contributed by atoms with E-state index < -0.39 is 5.82 Å². The Bertz CT molecular complexity index is 757. The van der Waals surface area contributed by atoms with Gasteiger partial charge in [-0.05, 0) is 36.4 Å². The maximum Gasteiger partial charge on any atom is 0.188 e. The number of aromatic nitrogens is 1. The van der Waals surface area contributed by atoms with E-state index in [1.807, 2.05) is 0 Å². The molecule has 0 aliphatic heterocycles. The number of rotatable bonds is 2. The van der Waals surface area contributed by atoms with E-state index >= 15 is 0 Å². The minimum absolute atomic E-state index is 0.0390. The monoisotopic (exact) mass is 296 g/mol. The van der Waals surface area contributed by atoms with Gasteiger partial charge in [-0.25, -0.2) is 13.8 Å². The summed E-state index contributed by atoms with van der Waals surface area (Å²) < 4.78 is 26.9. The molecule has 0 bridgehead atoms. The van der Waals surface area contributed by atoms with Crippen LogP contribution in [0.5, 0.6) is 0 Å². The van der Waals surface area contributed by atoms with Gasteiger partial charge in [-0.2, -0.15) is 0 Å². The van der Waals surface area contributed by atoms with Gasteiger partial charge >= 0.3 is 0 Å². The summed E-state index contributed by atoms with van der Waals surface area (Å²) in [5.41, 5.74) is 1.34. The average Bonchev–Trinajstić information content (AvgIpc) is 2.75. The summed E-state index contributed by atoms with van der Waals surface area (Å²) in [6, 6.07) is 8.72. The Labute approximate surface area is 116 Å². The van der Waals surface area contributed by atoms with Gasteiger partial charge in [0.25, 0.3) is 0 Å². The third-order valence-electron chi connectivity index (χ3n) is 2.52. The van der Waals surface area contributed by atoms with Crippen LogP contribution in [-0.4, -0.2) is 4.98 Å². The molecule has 96 valence electrons. The predicted molar refractivity (Wildman–Crippen MR) is 74.3 cm³/mol. The van der Waals surface area contributed by atoms with Gasteiger partial charge in [-0.3, -0.25) is 0 Å². The molecule has 2 aromatic carbocycles. The minimum atomic E-state index is -0.474. The van der Waals surface area contributed by atoms with Crippen molar-refractivity contribution < 1.29 is 8.78 Å². The SMILES string of the molecule is Fc1ccc2nc(Nc3ccc(F)c(Cl)c3)sc2c1. The van der Waals surface area contributed by atoms with Gasteiger partial charge in [0.1, 0.15) is 11.6 Å². The molecule has 0 unspecified atom stereocenters. The van der Waals surface area contributed by atoms with Crippen molar-refractivity contribution >= 4 is 44.0 Å². The molecule has 19 heavy (non-hydrogen) atoms. The Hall–Kier alpha value is -1.72. The molecule has 2 nitrogen and oxygen atoms in total. The number of hydrogen-bond donors (Lipinski definition) is 1.